The summed E-state index contributed by atoms with van der Waals surface area (Å²) in [5.74, 6) is 3.11. The van der Waals surface area contributed by atoms with Crippen molar-refractivity contribution in [1.82, 2.24) is 15.5 Å². The van der Waals surface area contributed by atoms with Crippen molar-refractivity contribution in [1.29, 1.82) is 0 Å². The first-order chi connectivity index (χ1) is 10.2. The lowest BCUT2D eigenvalue weighted by Gasteiger charge is -2.28. The minimum absolute atomic E-state index is 0.0303. The van der Waals surface area contributed by atoms with Gasteiger partial charge in [0.1, 0.15) is 0 Å². The Morgan fingerprint density at radius 2 is 2.33 bits per heavy atom. The molecule has 7 heteroatoms. The van der Waals surface area contributed by atoms with Crippen LogP contribution in [0.1, 0.15) is 38.5 Å². The van der Waals surface area contributed by atoms with Crippen LogP contribution in [0.3, 0.4) is 0 Å². The number of amides is 1. The Kier molecular flexibility index (Phi) is 4.49. The first-order valence-electron chi connectivity index (χ1n) is 7.60. The van der Waals surface area contributed by atoms with Gasteiger partial charge in [-0.1, -0.05) is 18.2 Å². The van der Waals surface area contributed by atoms with Gasteiger partial charge in [0.05, 0.1) is 12.3 Å². The highest BCUT2D eigenvalue weighted by molar-refractivity contribution is 7.99. The molecule has 0 spiro atoms. The van der Waals surface area contributed by atoms with Gasteiger partial charge < -0.3 is 15.5 Å². The highest BCUT2D eigenvalue weighted by Crippen LogP contribution is 2.49. The molecule has 2 aliphatic carbocycles. The number of rotatable bonds is 6. The second kappa shape index (κ2) is 6.36. The van der Waals surface area contributed by atoms with E-state index in [2.05, 4.69) is 22.4 Å². The summed E-state index contributed by atoms with van der Waals surface area (Å²) < 4.78 is 5.26. The van der Waals surface area contributed by atoms with Crippen LogP contribution >= 0.6 is 11.8 Å². The average molecular weight is 310 g/mol. The zero-order chi connectivity index (χ0) is 14.8. The molecule has 2 saturated carbocycles. The van der Waals surface area contributed by atoms with E-state index in [9.17, 15) is 4.79 Å². The van der Waals surface area contributed by atoms with E-state index in [-0.39, 0.29) is 18.5 Å². The van der Waals surface area contributed by atoms with Gasteiger partial charge in [-0.3, -0.25) is 4.79 Å². The van der Waals surface area contributed by atoms with Crippen LogP contribution in [0, 0.1) is 17.8 Å². The van der Waals surface area contributed by atoms with E-state index in [0.717, 1.165) is 11.8 Å². The molecule has 0 saturated heterocycles. The SMILES string of the molecule is CC(NC(=O)CSc1nnc(CN)o1)C1CC2CCC1C2. The molecule has 3 N–H and O–H groups in total. The predicted octanol–water partition coefficient (Wildman–Crippen LogP) is 1.56. The molecule has 2 aliphatic rings. The van der Waals surface area contributed by atoms with Crippen molar-refractivity contribution in [3.05, 3.63) is 5.89 Å². The number of nitrogens with two attached hydrogens (primary N) is 1. The fraction of sp³-hybridized carbons (Fsp3) is 0.786. The van der Waals surface area contributed by atoms with Crippen molar-refractivity contribution in [3.8, 4) is 0 Å². The molecule has 1 amide bonds. The number of nitrogens with one attached hydrogen (secondary N) is 1. The molecular weight excluding hydrogens is 288 g/mol. The Balaban J connectivity index is 1.43. The van der Waals surface area contributed by atoms with Crippen molar-refractivity contribution < 1.29 is 9.21 Å². The normalized spacial score (nSPS) is 28.8. The van der Waals surface area contributed by atoms with E-state index < -0.39 is 0 Å². The highest BCUT2D eigenvalue weighted by atomic mass is 32.2. The summed E-state index contributed by atoms with van der Waals surface area (Å²) in [6, 6.07) is 0.260. The summed E-state index contributed by atoms with van der Waals surface area (Å²) >= 11 is 1.26. The molecule has 1 aromatic heterocycles. The van der Waals surface area contributed by atoms with Gasteiger partial charge in [0, 0.05) is 6.04 Å². The van der Waals surface area contributed by atoms with E-state index in [1.54, 1.807) is 0 Å². The molecule has 6 nitrogen and oxygen atoms in total. The molecule has 3 rings (SSSR count). The zero-order valence-corrected chi connectivity index (χ0v) is 13.1. The van der Waals surface area contributed by atoms with E-state index in [1.165, 1.54) is 37.4 Å². The quantitative estimate of drug-likeness (QED) is 0.774. The van der Waals surface area contributed by atoms with Gasteiger partial charge >= 0.3 is 0 Å². The number of hydrogen-bond donors (Lipinski definition) is 2. The standard InChI is InChI=1S/C14H22N4O2S/c1-8(11-5-9-2-3-10(11)4-9)16-12(19)7-21-14-18-17-13(6-15)20-14/h8-11H,2-7,15H2,1H3,(H,16,19). The smallest absolute Gasteiger partial charge is 0.277 e. The van der Waals surface area contributed by atoms with Gasteiger partial charge in [-0.2, -0.15) is 0 Å². The van der Waals surface area contributed by atoms with Gasteiger partial charge in [0.2, 0.25) is 11.8 Å². The first-order valence-corrected chi connectivity index (χ1v) is 8.59. The van der Waals surface area contributed by atoms with Crippen LogP contribution in [-0.2, 0) is 11.3 Å². The first kappa shape index (κ1) is 14.8. The molecule has 0 radical (unpaired) electrons. The number of fused-ring (bicyclic) bond motifs is 2. The monoisotopic (exact) mass is 310 g/mol. The summed E-state index contributed by atoms with van der Waals surface area (Å²) in [6.07, 6.45) is 5.37. The fourth-order valence-electron chi connectivity index (χ4n) is 3.82. The summed E-state index contributed by atoms with van der Waals surface area (Å²) in [4.78, 5) is 12.0. The lowest BCUT2D eigenvalue weighted by molar-refractivity contribution is -0.119. The molecule has 0 aliphatic heterocycles. The van der Waals surface area contributed by atoms with Crippen molar-refractivity contribution in [3.63, 3.8) is 0 Å². The molecule has 1 heterocycles. The molecule has 2 fully saturated rings. The molecule has 1 aromatic rings. The molecular formula is C14H22N4O2S. The van der Waals surface area contributed by atoms with Gasteiger partial charge in [-0.25, -0.2) is 0 Å². The zero-order valence-electron chi connectivity index (χ0n) is 12.2. The Morgan fingerprint density at radius 1 is 1.48 bits per heavy atom. The van der Waals surface area contributed by atoms with Gasteiger partial charge in [-0.15, -0.1) is 10.2 Å². The number of hydrogen-bond acceptors (Lipinski definition) is 6. The third kappa shape index (κ3) is 3.40. The molecule has 0 aromatic carbocycles. The topological polar surface area (TPSA) is 94.0 Å². The van der Waals surface area contributed by atoms with Crippen LogP contribution in [0.2, 0.25) is 0 Å². The Labute approximate surface area is 128 Å². The van der Waals surface area contributed by atoms with Crippen LogP contribution < -0.4 is 11.1 Å². The number of aromatic nitrogens is 2. The van der Waals surface area contributed by atoms with Gasteiger partial charge in [0.25, 0.3) is 5.22 Å². The van der Waals surface area contributed by atoms with E-state index >= 15 is 0 Å². The lowest BCUT2D eigenvalue weighted by atomic mass is 9.84. The van der Waals surface area contributed by atoms with E-state index in [1.807, 2.05) is 0 Å². The summed E-state index contributed by atoms with van der Waals surface area (Å²) in [5, 5.41) is 11.1. The Hall–Kier alpha value is -1.08. The number of carbonyl (C=O) groups excluding carboxylic acids is 1. The van der Waals surface area contributed by atoms with Gasteiger partial charge in [0.15, 0.2) is 0 Å². The van der Waals surface area contributed by atoms with Crippen molar-refractivity contribution >= 4 is 17.7 Å². The lowest BCUT2D eigenvalue weighted by Crippen LogP contribution is -2.40. The number of nitrogens with zero attached hydrogens (tertiary/aromatic N) is 2. The van der Waals surface area contributed by atoms with Crippen LogP contribution in [-0.4, -0.2) is 27.9 Å². The third-order valence-electron chi connectivity index (χ3n) is 4.77. The molecule has 116 valence electrons. The van der Waals surface area contributed by atoms with E-state index in [0.29, 0.717) is 22.8 Å². The Morgan fingerprint density at radius 3 is 2.95 bits per heavy atom. The highest BCUT2D eigenvalue weighted by Gasteiger charge is 2.42. The van der Waals surface area contributed by atoms with Crippen LogP contribution in [0.25, 0.3) is 0 Å². The average Bonchev–Trinajstić information content (AvgIpc) is 3.20. The fourth-order valence-corrected chi connectivity index (χ4v) is 4.41. The predicted molar refractivity (Wildman–Crippen MR) is 79.5 cm³/mol. The van der Waals surface area contributed by atoms with Crippen molar-refractivity contribution in [2.75, 3.05) is 5.75 Å². The molecule has 2 bridgehead atoms. The maximum Gasteiger partial charge on any atom is 0.277 e. The van der Waals surface area contributed by atoms with Crippen molar-refractivity contribution in [2.45, 2.75) is 50.4 Å². The van der Waals surface area contributed by atoms with Crippen molar-refractivity contribution in [2.24, 2.45) is 23.5 Å². The summed E-state index contributed by atoms with van der Waals surface area (Å²) in [5.41, 5.74) is 5.40. The summed E-state index contributed by atoms with van der Waals surface area (Å²) in [7, 11) is 0. The maximum absolute atomic E-state index is 12.0. The van der Waals surface area contributed by atoms with Crippen LogP contribution in [0.15, 0.2) is 9.64 Å². The number of thioether (sulfide) groups is 1. The minimum atomic E-state index is 0.0303. The Bertz CT molecular complexity index is 507. The second-order valence-electron chi connectivity index (χ2n) is 6.15. The van der Waals surface area contributed by atoms with Crippen LogP contribution in [0.4, 0.5) is 0 Å². The third-order valence-corrected chi connectivity index (χ3v) is 5.59. The minimum Gasteiger partial charge on any atom is -0.415 e. The molecule has 4 atom stereocenters. The largest absolute Gasteiger partial charge is 0.415 e. The van der Waals surface area contributed by atoms with Crippen LogP contribution in [0.5, 0.6) is 0 Å². The second-order valence-corrected chi connectivity index (χ2v) is 7.08. The molecule has 21 heavy (non-hydrogen) atoms. The van der Waals surface area contributed by atoms with Gasteiger partial charge in [-0.05, 0) is 43.9 Å². The summed E-state index contributed by atoms with van der Waals surface area (Å²) in [6.45, 7) is 2.36. The maximum atomic E-state index is 12.0. The molecule has 4 unspecified atom stereocenters. The van der Waals surface area contributed by atoms with E-state index in [4.69, 9.17) is 10.2 Å². The number of carbonyl (C=O) groups is 1.